The Labute approximate surface area is 204 Å². The number of aromatic amines is 1. The number of nitriles is 1. The molecular weight excluding hydrogens is 480 g/mol. The molecule has 0 unspecified atom stereocenters. The molecule has 8 nitrogen and oxygen atoms in total. The van der Waals surface area contributed by atoms with Gasteiger partial charge >= 0.3 is 0 Å². The highest BCUT2D eigenvalue weighted by atomic mass is 35.5. The lowest BCUT2D eigenvalue weighted by atomic mass is 10.1. The number of anilines is 1. The number of fused-ring (bicyclic) bond motifs is 1. The van der Waals surface area contributed by atoms with Crippen molar-refractivity contribution in [3.63, 3.8) is 0 Å². The summed E-state index contributed by atoms with van der Waals surface area (Å²) in [6, 6.07) is 8.68. The van der Waals surface area contributed by atoms with Crippen LogP contribution in [0.5, 0.6) is 5.75 Å². The van der Waals surface area contributed by atoms with Crippen LogP contribution in [-0.4, -0.2) is 32.8 Å². The van der Waals surface area contributed by atoms with Crippen molar-refractivity contribution >= 4 is 39.9 Å². The molecule has 11 heteroatoms. The average Bonchev–Trinajstić information content (AvgIpc) is 3.46. The molecule has 0 bridgehead atoms. The molecule has 0 amide bonds. The number of rotatable bonds is 5. The van der Waals surface area contributed by atoms with Crippen molar-refractivity contribution < 1.29 is 9.13 Å². The SMILES string of the molecule is N#C[C@H]1CCCN1c1ccc(-c2n[nH]c3cc(F)c(O[C@H](N)c4c(Cl)cncc4Cl)cc23)cn1. The predicted molar refractivity (Wildman–Crippen MR) is 127 cm³/mol. The standard InChI is InChI=1S/C23H18Cl2FN7O/c24-15-10-29-11-16(25)21(15)23(28)34-19-6-14-18(7-17(19)26)31-32-22(14)12-3-4-20(30-9-12)33-5-1-2-13(33)8-27/h3-4,6-7,9-11,13,23H,1-2,5,28H2,(H,31,32)/t13-,23+/m1/s1. The summed E-state index contributed by atoms with van der Waals surface area (Å²) >= 11 is 12.3. The van der Waals surface area contributed by atoms with E-state index in [1.165, 1.54) is 24.5 Å². The van der Waals surface area contributed by atoms with Crippen molar-refractivity contribution in [1.82, 2.24) is 20.2 Å². The molecule has 0 radical (unpaired) electrons. The van der Waals surface area contributed by atoms with Crippen molar-refractivity contribution in [2.75, 3.05) is 11.4 Å². The van der Waals surface area contributed by atoms with Gasteiger partial charge in [0.2, 0.25) is 0 Å². The van der Waals surface area contributed by atoms with Crippen molar-refractivity contribution in [3.05, 3.63) is 64.3 Å². The van der Waals surface area contributed by atoms with Crippen LogP contribution < -0.4 is 15.4 Å². The molecule has 1 saturated heterocycles. The van der Waals surface area contributed by atoms with Crippen molar-refractivity contribution in [2.24, 2.45) is 5.73 Å². The number of pyridine rings is 2. The monoisotopic (exact) mass is 497 g/mol. The number of nitrogens with one attached hydrogen (secondary N) is 1. The van der Waals surface area contributed by atoms with Crippen molar-refractivity contribution in [1.29, 1.82) is 5.26 Å². The zero-order chi connectivity index (χ0) is 23.8. The summed E-state index contributed by atoms with van der Waals surface area (Å²) in [6.07, 6.45) is 5.13. The number of ether oxygens (including phenoxy) is 1. The van der Waals surface area contributed by atoms with Gasteiger partial charge in [-0.3, -0.25) is 15.8 Å². The molecule has 4 heterocycles. The lowest BCUT2D eigenvalue weighted by molar-refractivity contribution is 0.205. The Balaban J connectivity index is 1.46. The van der Waals surface area contributed by atoms with Crippen LogP contribution in [0, 0.1) is 17.1 Å². The molecule has 0 spiro atoms. The zero-order valence-corrected chi connectivity index (χ0v) is 19.2. The number of H-pyrrole nitrogens is 1. The lowest BCUT2D eigenvalue weighted by Gasteiger charge is -2.20. The second-order valence-corrected chi connectivity index (χ2v) is 8.66. The maximum absolute atomic E-state index is 14.8. The van der Waals surface area contributed by atoms with E-state index in [2.05, 4.69) is 26.2 Å². The van der Waals surface area contributed by atoms with Gasteiger partial charge in [-0.15, -0.1) is 0 Å². The van der Waals surface area contributed by atoms with Gasteiger partial charge in [-0.25, -0.2) is 9.37 Å². The van der Waals surface area contributed by atoms with Crippen LogP contribution in [0.3, 0.4) is 0 Å². The van der Waals surface area contributed by atoms with Gasteiger partial charge in [0.1, 0.15) is 17.6 Å². The molecule has 34 heavy (non-hydrogen) atoms. The summed E-state index contributed by atoms with van der Waals surface area (Å²) in [6.45, 7) is 0.793. The first kappa shape index (κ1) is 22.3. The fourth-order valence-electron chi connectivity index (χ4n) is 4.09. The second kappa shape index (κ2) is 9.06. The molecule has 4 aromatic rings. The van der Waals surface area contributed by atoms with Crippen LogP contribution in [0.4, 0.5) is 10.2 Å². The maximum atomic E-state index is 14.8. The molecule has 3 N–H and O–H groups in total. The summed E-state index contributed by atoms with van der Waals surface area (Å²) in [5, 5.41) is 17.6. The van der Waals surface area contributed by atoms with E-state index in [0.717, 1.165) is 30.8 Å². The van der Waals surface area contributed by atoms with Crippen LogP contribution in [0.2, 0.25) is 10.0 Å². The predicted octanol–water partition coefficient (Wildman–Crippen LogP) is 4.99. The molecule has 0 saturated carbocycles. The average molecular weight is 498 g/mol. The quantitative estimate of drug-likeness (QED) is 0.372. The molecule has 1 fully saturated rings. The van der Waals surface area contributed by atoms with Gasteiger partial charge in [-0.2, -0.15) is 10.4 Å². The maximum Gasteiger partial charge on any atom is 0.177 e. The van der Waals surface area contributed by atoms with E-state index in [1.54, 1.807) is 6.20 Å². The van der Waals surface area contributed by atoms with Crippen LogP contribution in [0.1, 0.15) is 24.6 Å². The number of aromatic nitrogens is 4. The highest BCUT2D eigenvalue weighted by Crippen LogP contribution is 2.35. The van der Waals surface area contributed by atoms with E-state index < -0.39 is 12.0 Å². The smallest absolute Gasteiger partial charge is 0.177 e. The Morgan fingerprint density at radius 1 is 1.24 bits per heavy atom. The third-order valence-corrected chi connectivity index (χ3v) is 6.36. The van der Waals surface area contributed by atoms with Gasteiger partial charge in [0.25, 0.3) is 0 Å². The minimum Gasteiger partial charge on any atom is -0.468 e. The first-order valence-electron chi connectivity index (χ1n) is 10.5. The molecule has 5 rings (SSSR count). The van der Waals surface area contributed by atoms with Crippen LogP contribution in [0.15, 0.2) is 42.9 Å². The van der Waals surface area contributed by atoms with E-state index in [9.17, 15) is 9.65 Å². The highest BCUT2D eigenvalue weighted by Gasteiger charge is 2.25. The topological polar surface area (TPSA) is 117 Å². The molecule has 1 aliphatic rings. The normalized spacial score (nSPS) is 16.6. The molecule has 3 aromatic heterocycles. The van der Waals surface area contributed by atoms with Gasteiger partial charge in [-0.05, 0) is 31.0 Å². The van der Waals surface area contributed by atoms with Gasteiger partial charge in [0.05, 0.1) is 21.6 Å². The summed E-state index contributed by atoms with van der Waals surface area (Å²) in [5.41, 5.74) is 8.22. The van der Waals surface area contributed by atoms with E-state index in [0.29, 0.717) is 22.2 Å². The molecule has 1 aromatic carbocycles. The number of nitrogens with zero attached hydrogens (tertiary/aromatic N) is 5. The van der Waals surface area contributed by atoms with E-state index in [1.807, 2.05) is 17.0 Å². The third kappa shape index (κ3) is 4.01. The third-order valence-electron chi connectivity index (χ3n) is 5.76. The molecular formula is C23H18Cl2FN7O. The van der Waals surface area contributed by atoms with Gasteiger partial charge < -0.3 is 9.64 Å². The highest BCUT2D eigenvalue weighted by molar-refractivity contribution is 6.35. The largest absolute Gasteiger partial charge is 0.468 e. The molecule has 172 valence electrons. The van der Waals surface area contributed by atoms with Crippen LogP contribution in [0.25, 0.3) is 22.2 Å². The molecule has 0 aliphatic carbocycles. The summed E-state index contributed by atoms with van der Waals surface area (Å²) in [5.74, 6) is 0.0365. The van der Waals surface area contributed by atoms with Crippen molar-refractivity contribution in [2.45, 2.75) is 25.1 Å². The summed E-state index contributed by atoms with van der Waals surface area (Å²) < 4.78 is 20.4. The number of hydrogen-bond acceptors (Lipinski definition) is 7. The summed E-state index contributed by atoms with van der Waals surface area (Å²) in [7, 11) is 0. The fourth-order valence-corrected chi connectivity index (χ4v) is 4.67. The van der Waals surface area contributed by atoms with Crippen LogP contribution in [-0.2, 0) is 0 Å². The number of benzene rings is 1. The van der Waals surface area contributed by atoms with Crippen LogP contribution >= 0.6 is 23.2 Å². The number of hydrogen-bond donors (Lipinski definition) is 2. The Hall–Kier alpha value is -3.45. The number of halogens is 3. The van der Waals surface area contributed by atoms with Crippen molar-refractivity contribution in [3.8, 4) is 23.1 Å². The minimum absolute atomic E-state index is 0.0786. The number of nitrogens with two attached hydrogens (primary N) is 1. The van der Waals surface area contributed by atoms with E-state index >= 15 is 0 Å². The van der Waals surface area contributed by atoms with Gasteiger partial charge in [0, 0.05) is 47.7 Å². The molecule has 2 atom stereocenters. The minimum atomic E-state index is -1.11. The fraction of sp³-hybridized carbons (Fsp3) is 0.217. The Morgan fingerprint density at radius 2 is 2.03 bits per heavy atom. The zero-order valence-electron chi connectivity index (χ0n) is 17.7. The first-order chi connectivity index (χ1) is 16.5. The summed E-state index contributed by atoms with van der Waals surface area (Å²) in [4.78, 5) is 10.4. The Bertz CT molecular complexity index is 1380. The second-order valence-electron chi connectivity index (χ2n) is 7.84. The van der Waals surface area contributed by atoms with Gasteiger partial charge in [0.15, 0.2) is 17.8 Å². The van der Waals surface area contributed by atoms with Gasteiger partial charge in [-0.1, -0.05) is 23.2 Å². The lowest BCUT2D eigenvalue weighted by Crippen LogP contribution is -2.28. The molecule has 1 aliphatic heterocycles. The van der Waals surface area contributed by atoms with E-state index in [4.69, 9.17) is 33.7 Å². The first-order valence-corrected chi connectivity index (χ1v) is 11.2. The Kier molecular flexibility index (Phi) is 5.96. The van der Waals surface area contributed by atoms with E-state index in [-0.39, 0.29) is 21.8 Å². The Morgan fingerprint density at radius 3 is 2.74 bits per heavy atom.